The Kier molecular flexibility index (Phi) is 3.14. The van der Waals surface area contributed by atoms with E-state index >= 15 is 0 Å². The third-order valence-electron chi connectivity index (χ3n) is 3.57. The first-order valence-corrected chi connectivity index (χ1v) is 6.61. The first-order chi connectivity index (χ1) is 10.1. The minimum absolute atomic E-state index is 0.226. The van der Waals surface area contributed by atoms with Crippen LogP contribution in [-0.4, -0.2) is 22.8 Å². The summed E-state index contributed by atoms with van der Waals surface area (Å²) in [6, 6.07) is 14.9. The van der Waals surface area contributed by atoms with Crippen molar-refractivity contribution in [2.45, 2.75) is 6.92 Å². The van der Waals surface area contributed by atoms with Crippen LogP contribution < -0.4 is 4.74 Å². The quantitative estimate of drug-likeness (QED) is 0.797. The number of benzene rings is 2. The number of ether oxygens (including phenoxy) is 1. The van der Waals surface area contributed by atoms with Gasteiger partial charge < -0.3 is 9.84 Å². The minimum Gasteiger partial charge on any atom is -0.495 e. The fourth-order valence-electron chi connectivity index (χ4n) is 2.66. The highest BCUT2D eigenvalue weighted by atomic mass is 16.5. The lowest BCUT2D eigenvalue weighted by molar-refractivity contribution is 0.0688. The maximum atomic E-state index is 11.6. The number of carboxylic acid groups (broad SMARTS) is 1. The van der Waals surface area contributed by atoms with Crippen molar-refractivity contribution in [3.63, 3.8) is 0 Å². The summed E-state index contributed by atoms with van der Waals surface area (Å²) in [6.07, 6.45) is 0. The maximum Gasteiger partial charge on any atom is 0.352 e. The van der Waals surface area contributed by atoms with E-state index in [1.54, 1.807) is 17.7 Å². The number of carboxylic acids is 1. The molecule has 0 spiro atoms. The van der Waals surface area contributed by atoms with Gasteiger partial charge in [-0.3, -0.25) is 4.57 Å². The van der Waals surface area contributed by atoms with Gasteiger partial charge in [-0.2, -0.15) is 0 Å². The Balaban J connectivity index is 2.45. The Bertz CT molecular complexity index is 833. The number of aromatic nitrogens is 1. The molecule has 106 valence electrons. The third kappa shape index (κ3) is 2.05. The molecule has 4 nitrogen and oxygen atoms in total. The van der Waals surface area contributed by atoms with E-state index in [-0.39, 0.29) is 5.69 Å². The predicted octanol–water partition coefficient (Wildman–Crippen LogP) is 3.65. The summed E-state index contributed by atoms with van der Waals surface area (Å²) in [6.45, 7) is 1.97. The Labute approximate surface area is 122 Å². The van der Waals surface area contributed by atoms with Crippen molar-refractivity contribution in [2.75, 3.05) is 7.11 Å². The number of aryl methyl sites for hydroxylation is 1. The van der Waals surface area contributed by atoms with Crippen molar-refractivity contribution in [1.82, 2.24) is 4.57 Å². The van der Waals surface area contributed by atoms with Crippen LogP contribution in [0.4, 0.5) is 0 Å². The summed E-state index contributed by atoms with van der Waals surface area (Å²) in [5.74, 6) is -0.322. The van der Waals surface area contributed by atoms with E-state index in [1.165, 1.54) is 0 Å². The number of carbonyl (C=O) groups is 1. The van der Waals surface area contributed by atoms with Crippen molar-refractivity contribution < 1.29 is 14.6 Å². The number of aromatic carboxylic acids is 1. The lowest BCUT2D eigenvalue weighted by Crippen LogP contribution is -2.08. The van der Waals surface area contributed by atoms with Gasteiger partial charge in [0, 0.05) is 5.39 Å². The standard InChI is InChI=1S/C17H15NO3/c1-11-6-5-7-12-10-14(17(19)20)18(16(11)12)13-8-3-4-9-15(13)21-2/h3-10H,1-2H3,(H,19,20). The highest BCUT2D eigenvalue weighted by Crippen LogP contribution is 2.31. The first kappa shape index (κ1) is 13.2. The van der Waals surface area contributed by atoms with Crippen molar-refractivity contribution >= 4 is 16.9 Å². The smallest absolute Gasteiger partial charge is 0.352 e. The summed E-state index contributed by atoms with van der Waals surface area (Å²) in [5, 5.41) is 10.4. The minimum atomic E-state index is -0.962. The van der Waals surface area contributed by atoms with E-state index < -0.39 is 5.97 Å². The predicted molar refractivity (Wildman–Crippen MR) is 81.5 cm³/mol. The van der Waals surface area contributed by atoms with E-state index in [1.807, 2.05) is 49.4 Å². The molecule has 0 aliphatic carbocycles. The van der Waals surface area contributed by atoms with Gasteiger partial charge in [0.25, 0.3) is 0 Å². The Hall–Kier alpha value is -2.75. The van der Waals surface area contributed by atoms with Crippen molar-refractivity contribution in [3.8, 4) is 11.4 Å². The third-order valence-corrected chi connectivity index (χ3v) is 3.57. The number of methoxy groups -OCH3 is 1. The highest BCUT2D eigenvalue weighted by molar-refractivity contribution is 5.97. The van der Waals surface area contributed by atoms with Crippen LogP contribution in [0, 0.1) is 6.92 Å². The van der Waals surface area contributed by atoms with Crippen LogP contribution in [0.25, 0.3) is 16.6 Å². The largest absolute Gasteiger partial charge is 0.495 e. The normalized spacial score (nSPS) is 10.8. The molecule has 0 saturated carbocycles. The highest BCUT2D eigenvalue weighted by Gasteiger charge is 2.19. The van der Waals surface area contributed by atoms with Crippen LogP contribution in [0.3, 0.4) is 0 Å². The zero-order valence-electron chi connectivity index (χ0n) is 11.8. The second kappa shape index (κ2) is 4.98. The molecule has 0 saturated heterocycles. The molecule has 0 atom stereocenters. The van der Waals surface area contributed by atoms with E-state index in [2.05, 4.69) is 0 Å². The molecule has 0 unspecified atom stereocenters. The van der Waals surface area contributed by atoms with Crippen LogP contribution in [0.1, 0.15) is 16.1 Å². The SMILES string of the molecule is COc1ccccc1-n1c(C(=O)O)cc2cccc(C)c21. The maximum absolute atomic E-state index is 11.6. The van der Waals surface area contributed by atoms with Gasteiger partial charge in [0.05, 0.1) is 18.3 Å². The van der Waals surface area contributed by atoms with Crippen molar-refractivity contribution in [1.29, 1.82) is 0 Å². The molecule has 0 aliphatic heterocycles. The zero-order valence-corrected chi connectivity index (χ0v) is 11.8. The fraction of sp³-hybridized carbons (Fsp3) is 0.118. The molecule has 0 amide bonds. The molecule has 0 radical (unpaired) electrons. The molecule has 1 aromatic heterocycles. The van der Waals surface area contributed by atoms with Gasteiger partial charge in [-0.25, -0.2) is 4.79 Å². The Morgan fingerprint density at radius 3 is 2.62 bits per heavy atom. The zero-order chi connectivity index (χ0) is 15.0. The first-order valence-electron chi connectivity index (χ1n) is 6.61. The monoisotopic (exact) mass is 281 g/mol. The molecule has 0 fully saturated rings. The van der Waals surface area contributed by atoms with Crippen LogP contribution in [-0.2, 0) is 0 Å². The van der Waals surface area contributed by atoms with Crippen molar-refractivity contribution in [2.24, 2.45) is 0 Å². The fourth-order valence-corrected chi connectivity index (χ4v) is 2.66. The summed E-state index contributed by atoms with van der Waals surface area (Å²) in [4.78, 5) is 11.6. The summed E-state index contributed by atoms with van der Waals surface area (Å²) < 4.78 is 7.12. The molecule has 0 bridgehead atoms. The number of nitrogens with zero attached hydrogens (tertiary/aromatic N) is 1. The topological polar surface area (TPSA) is 51.5 Å². The number of hydrogen-bond donors (Lipinski definition) is 1. The molecule has 2 aromatic carbocycles. The van der Waals surface area contributed by atoms with Crippen molar-refractivity contribution in [3.05, 3.63) is 59.8 Å². The average molecular weight is 281 g/mol. The van der Waals surface area contributed by atoms with E-state index in [4.69, 9.17) is 4.74 Å². The van der Waals surface area contributed by atoms with E-state index in [0.717, 1.165) is 22.2 Å². The molecular weight excluding hydrogens is 266 g/mol. The number of fused-ring (bicyclic) bond motifs is 1. The summed E-state index contributed by atoms with van der Waals surface area (Å²) in [7, 11) is 1.58. The van der Waals surface area contributed by atoms with Gasteiger partial charge in [0.2, 0.25) is 0 Å². The molecule has 3 aromatic rings. The molecule has 0 aliphatic rings. The summed E-state index contributed by atoms with van der Waals surface area (Å²) >= 11 is 0. The van der Waals surface area contributed by atoms with Crippen LogP contribution in [0.5, 0.6) is 5.75 Å². The lowest BCUT2D eigenvalue weighted by atomic mass is 10.1. The van der Waals surface area contributed by atoms with E-state index in [9.17, 15) is 9.90 Å². The number of para-hydroxylation sites is 3. The van der Waals surface area contributed by atoms with E-state index in [0.29, 0.717) is 5.75 Å². The second-order valence-electron chi connectivity index (χ2n) is 4.85. The molecule has 1 N–H and O–H groups in total. The van der Waals surface area contributed by atoms with Crippen LogP contribution in [0.15, 0.2) is 48.5 Å². The van der Waals surface area contributed by atoms with Gasteiger partial charge in [-0.05, 0) is 30.7 Å². The number of hydrogen-bond acceptors (Lipinski definition) is 2. The Morgan fingerprint density at radius 1 is 1.14 bits per heavy atom. The van der Waals surface area contributed by atoms with Crippen LogP contribution in [0.2, 0.25) is 0 Å². The Morgan fingerprint density at radius 2 is 1.90 bits per heavy atom. The molecule has 21 heavy (non-hydrogen) atoms. The van der Waals surface area contributed by atoms with Gasteiger partial charge in [-0.1, -0.05) is 30.3 Å². The van der Waals surface area contributed by atoms with Crippen LogP contribution >= 0.6 is 0 Å². The van der Waals surface area contributed by atoms with Gasteiger partial charge in [-0.15, -0.1) is 0 Å². The molecule has 4 heteroatoms. The number of rotatable bonds is 3. The lowest BCUT2D eigenvalue weighted by Gasteiger charge is -2.13. The molecular formula is C17H15NO3. The second-order valence-corrected chi connectivity index (χ2v) is 4.85. The van der Waals surface area contributed by atoms with Gasteiger partial charge >= 0.3 is 5.97 Å². The summed E-state index contributed by atoms with van der Waals surface area (Å²) in [5.41, 5.74) is 2.86. The van der Waals surface area contributed by atoms with Gasteiger partial charge in [0.1, 0.15) is 11.4 Å². The van der Waals surface area contributed by atoms with Gasteiger partial charge in [0.15, 0.2) is 0 Å². The molecule has 3 rings (SSSR count). The average Bonchev–Trinajstić information content (AvgIpc) is 2.88. The molecule has 1 heterocycles.